The van der Waals surface area contributed by atoms with Crippen molar-refractivity contribution >= 4 is 33.3 Å². The largest absolute Gasteiger partial charge is 0.287 e. The van der Waals surface area contributed by atoms with Gasteiger partial charge in [-0.05, 0) is 43.5 Å². The van der Waals surface area contributed by atoms with Crippen molar-refractivity contribution in [1.82, 2.24) is 9.55 Å². The molecule has 6 heteroatoms. The van der Waals surface area contributed by atoms with Gasteiger partial charge in [0.2, 0.25) is 0 Å². The van der Waals surface area contributed by atoms with Crippen LogP contribution in [0.4, 0.5) is 4.39 Å². The molecule has 0 atom stereocenters. The minimum absolute atomic E-state index is 0.0573. The molecule has 132 valence electrons. The molecule has 0 N–H and O–H groups in total. The average Bonchev–Trinajstić information content (AvgIpc) is 2.88. The topological polar surface area (TPSA) is 34.9 Å². The van der Waals surface area contributed by atoms with Gasteiger partial charge in [-0.1, -0.05) is 37.2 Å². The Morgan fingerprint density at radius 3 is 2.64 bits per heavy atom. The number of halogens is 1. The molecule has 0 aliphatic rings. The molecule has 1 aromatic carbocycles. The third kappa shape index (κ3) is 3.80. The van der Waals surface area contributed by atoms with Crippen molar-refractivity contribution in [3.63, 3.8) is 0 Å². The van der Waals surface area contributed by atoms with Gasteiger partial charge in [-0.15, -0.1) is 11.3 Å². The van der Waals surface area contributed by atoms with E-state index in [1.54, 1.807) is 28.0 Å². The summed E-state index contributed by atoms with van der Waals surface area (Å²) >= 11 is 3.11. The van der Waals surface area contributed by atoms with E-state index in [1.165, 1.54) is 23.9 Å². The van der Waals surface area contributed by atoms with Crippen LogP contribution in [0.2, 0.25) is 0 Å². The van der Waals surface area contributed by atoms with Crippen molar-refractivity contribution in [3.05, 3.63) is 56.4 Å². The highest BCUT2D eigenvalue weighted by Crippen LogP contribution is 2.29. The SMILES string of the molecule is CCCCn1c(SCc2ccc(F)cc2)nc2sc(C)c(C)c2c1=O. The standard InChI is InChI=1S/C19H21FN2OS2/c1-4-5-10-22-18(23)16-12(2)13(3)25-17(16)21-19(22)24-11-14-6-8-15(20)9-7-14/h6-9H,4-5,10-11H2,1-3H3. The Bertz CT molecular complexity index is 945. The first-order chi connectivity index (χ1) is 12.0. The Kier molecular flexibility index (Phi) is 5.59. The molecule has 0 amide bonds. The molecule has 0 saturated carbocycles. The predicted molar refractivity (Wildman–Crippen MR) is 104 cm³/mol. The summed E-state index contributed by atoms with van der Waals surface area (Å²) < 4.78 is 14.9. The van der Waals surface area contributed by atoms with E-state index in [9.17, 15) is 9.18 Å². The maximum Gasteiger partial charge on any atom is 0.263 e. The normalized spacial score (nSPS) is 11.4. The van der Waals surface area contributed by atoms with Gasteiger partial charge in [0.15, 0.2) is 5.16 Å². The third-order valence-electron chi connectivity index (χ3n) is 4.27. The number of hydrogen-bond donors (Lipinski definition) is 0. The number of aryl methyl sites for hydroxylation is 2. The molecule has 3 rings (SSSR count). The molecule has 0 spiro atoms. The van der Waals surface area contributed by atoms with Crippen LogP contribution in [0.25, 0.3) is 10.2 Å². The molecule has 0 aliphatic carbocycles. The fourth-order valence-corrected chi connectivity index (χ4v) is 4.71. The number of aromatic nitrogens is 2. The first kappa shape index (κ1) is 18.1. The summed E-state index contributed by atoms with van der Waals surface area (Å²) in [6.45, 7) is 6.82. The molecular weight excluding hydrogens is 355 g/mol. The van der Waals surface area contributed by atoms with Gasteiger partial charge in [0, 0.05) is 17.2 Å². The van der Waals surface area contributed by atoms with Crippen LogP contribution in [-0.4, -0.2) is 9.55 Å². The number of thioether (sulfide) groups is 1. The van der Waals surface area contributed by atoms with Gasteiger partial charge in [-0.3, -0.25) is 9.36 Å². The maximum absolute atomic E-state index is 13.1. The van der Waals surface area contributed by atoms with Crippen molar-refractivity contribution in [1.29, 1.82) is 0 Å². The van der Waals surface area contributed by atoms with Crippen molar-refractivity contribution in [2.45, 2.75) is 51.1 Å². The first-order valence-electron chi connectivity index (χ1n) is 8.39. The Labute approximate surface area is 154 Å². The van der Waals surface area contributed by atoms with Gasteiger partial charge in [0.25, 0.3) is 5.56 Å². The molecule has 0 radical (unpaired) electrons. The molecular formula is C19H21FN2OS2. The molecule has 2 heterocycles. The van der Waals surface area contributed by atoms with Crippen LogP contribution in [0.3, 0.4) is 0 Å². The number of nitrogens with zero attached hydrogens (tertiary/aromatic N) is 2. The zero-order valence-corrected chi connectivity index (χ0v) is 16.3. The van der Waals surface area contributed by atoms with E-state index in [2.05, 4.69) is 6.92 Å². The van der Waals surface area contributed by atoms with Gasteiger partial charge < -0.3 is 0 Å². The number of rotatable bonds is 6. The summed E-state index contributed by atoms with van der Waals surface area (Å²) in [5.41, 5.74) is 2.11. The molecule has 25 heavy (non-hydrogen) atoms. The van der Waals surface area contributed by atoms with Gasteiger partial charge in [0.05, 0.1) is 5.39 Å². The lowest BCUT2D eigenvalue weighted by Gasteiger charge is -2.12. The second kappa shape index (κ2) is 7.70. The second-order valence-electron chi connectivity index (χ2n) is 6.08. The zero-order valence-electron chi connectivity index (χ0n) is 14.6. The summed E-state index contributed by atoms with van der Waals surface area (Å²) in [5, 5.41) is 1.50. The maximum atomic E-state index is 13.1. The van der Waals surface area contributed by atoms with E-state index < -0.39 is 0 Å². The number of thiophene rings is 1. The molecule has 0 bridgehead atoms. The van der Waals surface area contributed by atoms with E-state index in [4.69, 9.17) is 4.98 Å². The Hall–Kier alpha value is -1.66. The second-order valence-corrected chi connectivity index (χ2v) is 8.23. The van der Waals surface area contributed by atoms with Gasteiger partial charge in [0.1, 0.15) is 10.6 Å². The van der Waals surface area contributed by atoms with Crippen LogP contribution in [-0.2, 0) is 12.3 Å². The van der Waals surface area contributed by atoms with Gasteiger partial charge >= 0.3 is 0 Å². The van der Waals surface area contributed by atoms with E-state index in [0.29, 0.717) is 12.3 Å². The van der Waals surface area contributed by atoms with Crippen molar-refractivity contribution in [3.8, 4) is 0 Å². The lowest BCUT2D eigenvalue weighted by Crippen LogP contribution is -2.23. The van der Waals surface area contributed by atoms with E-state index >= 15 is 0 Å². The van der Waals surface area contributed by atoms with E-state index in [-0.39, 0.29) is 11.4 Å². The summed E-state index contributed by atoms with van der Waals surface area (Å²) in [4.78, 5) is 19.7. The van der Waals surface area contributed by atoms with Crippen LogP contribution >= 0.6 is 23.1 Å². The Balaban J connectivity index is 1.99. The molecule has 0 saturated heterocycles. The van der Waals surface area contributed by atoms with Crippen LogP contribution in [0, 0.1) is 19.7 Å². The molecule has 0 aliphatic heterocycles. The van der Waals surface area contributed by atoms with Crippen molar-refractivity contribution in [2.75, 3.05) is 0 Å². The minimum atomic E-state index is -0.238. The molecule has 2 aromatic heterocycles. The van der Waals surface area contributed by atoms with E-state index in [0.717, 1.165) is 44.2 Å². The van der Waals surface area contributed by atoms with Crippen LogP contribution in [0.15, 0.2) is 34.2 Å². The quantitative estimate of drug-likeness (QED) is 0.432. The summed E-state index contributed by atoms with van der Waals surface area (Å²) in [6, 6.07) is 6.47. The zero-order chi connectivity index (χ0) is 18.0. The predicted octanol–water partition coefficient (Wildman–Crippen LogP) is 5.31. The summed E-state index contributed by atoms with van der Waals surface area (Å²) in [5.74, 6) is 0.422. The van der Waals surface area contributed by atoms with E-state index in [1.807, 2.05) is 13.8 Å². The lowest BCUT2D eigenvalue weighted by atomic mass is 10.2. The summed E-state index contributed by atoms with van der Waals surface area (Å²) in [7, 11) is 0. The van der Waals surface area contributed by atoms with Crippen LogP contribution in [0.5, 0.6) is 0 Å². The average molecular weight is 377 g/mol. The monoisotopic (exact) mass is 376 g/mol. The molecule has 0 unspecified atom stereocenters. The third-order valence-corrected chi connectivity index (χ3v) is 6.42. The van der Waals surface area contributed by atoms with Crippen molar-refractivity contribution in [2.24, 2.45) is 0 Å². The summed E-state index contributed by atoms with van der Waals surface area (Å²) in [6.07, 6.45) is 1.97. The lowest BCUT2D eigenvalue weighted by molar-refractivity contribution is 0.558. The number of benzene rings is 1. The fraction of sp³-hybridized carbons (Fsp3) is 0.368. The molecule has 3 aromatic rings. The minimum Gasteiger partial charge on any atom is -0.287 e. The van der Waals surface area contributed by atoms with Crippen molar-refractivity contribution < 1.29 is 4.39 Å². The highest BCUT2D eigenvalue weighted by Gasteiger charge is 2.16. The van der Waals surface area contributed by atoms with Crippen LogP contribution in [0.1, 0.15) is 35.8 Å². The fourth-order valence-electron chi connectivity index (χ4n) is 2.66. The Morgan fingerprint density at radius 2 is 1.96 bits per heavy atom. The smallest absolute Gasteiger partial charge is 0.263 e. The number of fused-ring (bicyclic) bond motifs is 1. The number of hydrogen-bond acceptors (Lipinski definition) is 4. The first-order valence-corrected chi connectivity index (χ1v) is 10.2. The molecule has 3 nitrogen and oxygen atoms in total. The highest BCUT2D eigenvalue weighted by molar-refractivity contribution is 7.98. The van der Waals surface area contributed by atoms with Gasteiger partial charge in [-0.25, -0.2) is 9.37 Å². The highest BCUT2D eigenvalue weighted by atomic mass is 32.2. The Morgan fingerprint density at radius 1 is 1.24 bits per heavy atom. The van der Waals surface area contributed by atoms with Crippen LogP contribution < -0.4 is 5.56 Å². The van der Waals surface area contributed by atoms with Gasteiger partial charge in [-0.2, -0.15) is 0 Å². The molecule has 0 fully saturated rings. The number of unbranched alkanes of at least 4 members (excludes halogenated alkanes) is 1.